The van der Waals surface area contributed by atoms with Crippen molar-refractivity contribution in [1.82, 2.24) is 15.5 Å². The summed E-state index contributed by atoms with van der Waals surface area (Å²) in [5.41, 5.74) is 0. The van der Waals surface area contributed by atoms with Gasteiger partial charge in [0.25, 0.3) is 0 Å². The Morgan fingerprint density at radius 2 is 2.18 bits per heavy atom. The number of hydrogen-bond acceptors (Lipinski definition) is 6. The lowest BCUT2D eigenvalue weighted by molar-refractivity contribution is 0.463. The minimum absolute atomic E-state index is 0.791. The Kier molecular flexibility index (Phi) is 4.58. The zero-order valence-electron chi connectivity index (χ0n) is 9.90. The summed E-state index contributed by atoms with van der Waals surface area (Å²) in [5, 5.41) is 12.3. The minimum Gasteiger partial charge on any atom is -0.464 e. The zero-order chi connectivity index (χ0) is 12.1. The summed E-state index contributed by atoms with van der Waals surface area (Å²) < 4.78 is 6.68. The van der Waals surface area contributed by atoms with Crippen molar-refractivity contribution in [1.29, 1.82) is 0 Å². The second-order valence-electron chi connectivity index (χ2n) is 3.52. The van der Waals surface area contributed by atoms with Gasteiger partial charge in [-0.15, -0.1) is 10.2 Å². The van der Waals surface area contributed by atoms with Gasteiger partial charge in [0.05, 0.1) is 12.3 Å². The van der Waals surface area contributed by atoms with Crippen LogP contribution in [0.25, 0.3) is 0 Å². The molecule has 17 heavy (non-hydrogen) atoms. The SMILES string of the molecule is CCNCc1ccc(CSc2nnc(C)s2)o1. The van der Waals surface area contributed by atoms with Crippen molar-refractivity contribution in [3.8, 4) is 0 Å². The predicted molar refractivity (Wildman–Crippen MR) is 70.3 cm³/mol. The van der Waals surface area contributed by atoms with Crippen LogP contribution in [0.4, 0.5) is 0 Å². The number of thioether (sulfide) groups is 1. The maximum Gasteiger partial charge on any atom is 0.174 e. The van der Waals surface area contributed by atoms with E-state index in [4.69, 9.17) is 4.42 Å². The van der Waals surface area contributed by atoms with E-state index in [-0.39, 0.29) is 0 Å². The van der Waals surface area contributed by atoms with Gasteiger partial charge in [0, 0.05) is 0 Å². The first-order chi connectivity index (χ1) is 8.28. The van der Waals surface area contributed by atoms with Crippen LogP contribution in [0.15, 0.2) is 20.9 Å². The lowest BCUT2D eigenvalue weighted by Crippen LogP contribution is -2.10. The molecule has 92 valence electrons. The highest BCUT2D eigenvalue weighted by molar-refractivity contribution is 8.00. The van der Waals surface area contributed by atoms with Crippen LogP contribution in [0, 0.1) is 6.92 Å². The van der Waals surface area contributed by atoms with Gasteiger partial charge >= 0.3 is 0 Å². The van der Waals surface area contributed by atoms with E-state index in [2.05, 4.69) is 22.4 Å². The van der Waals surface area contributed by atoms with Crippen LogP contribution in [0.5, 0.6) is 0 Å². The van der Waals surface area contributed by atoms with Gasteiger partial charge in [-0.3, -0.25) is 0 Å². The number of furan rings is 1. The molecule has 0 unspecified atom stereocenters. The van der Waals surface area contributed by atoms with E-state index in [1.165, 1.54) is 0 Å². The fourth-order valence-corrected chi connectivity index (χ4v) is 3.02. The van der Waals surface area contributed by atoms with Gasteiger partial charge in [-0.2, -0.15) is 0 Å². The first-order valence-corrected chi connectivity index (χ1v) is 7.29. The summed E-state index contributed by atoms with van der Waals surface area (Å²) in [5.74, 6) is 2.77. The molecule has 2 aromatic rings. The highest BCUT2D eigenvalue weighted by Crippen LogP contribution is 2.26. The van der Waals surface area contributed by atoms with Crippen LogP contribution >= 0.6 is 23.1 Å². The maximum atomic E-state index is 5.69. The quantitative estimate of drug-likeness (QED) is 0.817. The third-order valence-electron chi connectivity index (χ3n) is 2.11. The normalized spacial score (nSPS) is 10.9. The van der Waals surface area contributed by atoms with Gasteiger partial charge in [0.15, 0.2) is 4.34 Å². The Hall–Kier alpha value is -0.850. The lowest BCUT2D eigenvalue weighted by Gasteiger charge is -1.97. The van der Waals surface area contributed by atoms with Crippen LogP contribution in [0.1, 0.15) is 23.5 Å². The van der Waals surface area contributed by atoms with Gasteiger partial charge in [-0.1, -0.05) is 30.0 Å². The van der Waals surface area contributed by atoms with Crippen molar-refractivity contribution in [2.45, 2.75) is 30.5 Å². The highest BCUT2D eigenvalue weighted by Gasteiger charge is 2.05. The Labute approximate surface area is 109 Å². The largest absolute Gasteiger partial charge is 0.464 e. The van der Waals surface area contributed by atoms with Crippen molar-refractivity contribution in [3.63, 3.8) is 0 Å². The molecular formula is C11H15N3OS2. The average Bonchev–Trinajstić information content (AvgIpc) is 2.93. The van der Waals surface area contributed by atoms with Gasteiger partial charge in [-0.25, -0.2) is 0 Å². The molecule has 6 heteroatoms. The van der Waals surface area contributed by atoms with E-state index in [0.29, 0.717) is 0 Å². The molecule has 0 aliphatic rings. The molecule has 4 nitrogen and oxygen atoms in total. The van der Waals surface area contributed by atoms with Crippen LogP contribution in [0.2, 0.25) is 0 Å². The molecule has 0 radical (unpaired) electrons. The van der Waals surface area contributed by atoms with Gasteiger partial charge < -0.3 is 9.73 Å². The molecule has 0 fully saturated rings. The summed E-state index contributed by atoms with van der Waals surface area (Å²) >= 11 is 3.28. The summed E-state index contributed by atoms with van der Waals surface area (Å²) in [6.45, 7) is 5.79. The third-order valence-corrected chi connectivity index (χ3v) is 4.11. The van der Waals surface area contributed by atoms with Crippen LogP contribution in [0.3, 0.4) is 0 Å². The molecule has 0 amide bonds. The maximum absolute atomic E-state index is 5.69. The fourth-order valence-electron chi connectivity index (χ4n) is 1.31. The summed E-state index contributed by atoms with van der Waals surface area (Å²) in [6, 6.07) is 4.04. The van der Waals surface area contributed by atoms with Crippen LogP contribution < -0.4 is 5.32 Å². The number of hydrogen-bond donors (Lipinski definition) is 1. The van der Waals surface area contributed by atoms with Crippen molar-refractivity contribution in [2.75, 3.05) is 6.54 Å². The van der Waals surface area contributed by atoms with E-state index in [9.17, 15) is 0 Å². The monoisotopic (exact) mass is 269 g/mol. The van der Waals surface area contributed by atoms with Crippen LogP contribution in [-0.2, 0) is 12.3 Å². The molecule has 0 spiro atoms. The molecule has 2 heterocycles. The zero-order valence-corrected chi connectivity index (χ0v) is 11.5. The van der Waals surface area contributed by atoms with E-state index in [1.807, 2.05) is 19.1 Å². The van der Waals surface area contributed by atoms with Crippen molar-refractivity contribution in [3.05, 3.63) is 28.7 Å². The number of aromatic nitrogens is 2. The van der Waals surface area contributed by atoms with E-state index in [1.54, 1.807) is 23.1 Å². The van der Waals surface area contributed by atoms with Gasteiger partial charge in [0.1, 0.15) is 16.5 Å². The summed E-state index contributed by atoms with van der Waals surface area (Å²) in [6.07, 6.45) is 0. The smallest absolute Gasteiger partial charge is 0.174 e. The van der Waals surface area contributed by atoms with Gasteiger partial charge in [-0.05, 0) is 25.6 Å². The number of nitrogens with zero attached hydrogens (tertiary/aromatic N) is 2. The Bertz CT molecular complexity index is 467. The Morgan fingerprint density at radius 1 is 1.35 bits per heavy atom. The van der Waals surface area contributed by atoms with Crippen LogP contribution in [-0.4, -0.2) is 16.7 Å². The standard InChI is InChI=1S/C11H15N3OS2/c1-3-12-6-9-4-5-10(15-9)7-16-11-14-13-8(2)17-11/h4-5,12H,3,6-7H2,1-2H3. The first kappa shape index (κ1) is 12.6. The molecular weight excluding hydrogens is 254 g/mol. The lowest BCUT2D eigenvalue weighted by atomic mass is 10.4. The third kappa shape index (κ3) is 3.83. The predicted octanol–water partition coefficient (Wildman–Crippen LogP) is 2.84. The van der Waals surface area contributed by atoms with Crippen molar-refractivity contribution < 1.29 is 4.42 Å². The van der Waals surface area contributed by atoms with Gasteiger partial charge in [0.2, 0.25) is 0 Å². The van der Waals surface area contributed by atoms with E-state index in [0.717, 1.165) is 39.7 Å². The van der Waals surface area contributed by atoms with Crippen molar-refractivity contribution >= 4 is 23.1 Å². The molecule has 0 aromatic carbocycles. The second kappa shape index (κ2) is 6.18. The average molecular weight is 269 g/mol. The van der Waals surface area contributed by atoms with E-state index >= 15 is 0 Å². The molecule has 2 rings (SSSR count). The number of nitrogens with one attached hydrogen (secondary N) is 1. The number of aryl methyl sites for hydroxylation is 1. The second-order valence-corrected chi connectivity index (χ2v) is 5.93. The number of rotatable bonds is 6. The first-order valence-electron chi connectivity index (χ1n) is 5.49. The van der Waals surface area contributed by atoms with E-state index < -0.39 is 0 Å². The Morgan fingerprint density at radius 3 is 2.88 bits per heavy atom. The topological polar surface area (TPSA) is 51.0 Å². The minimum atomic E-state index is 0.791. The Balaban J connectivity index is 1.84. The molecule has 0 saturated carbocycles. The fraction of sp³-hybridized carbons (Fsp3) is 0.455. The highest BCUT2D eigenvalue weighted by atomic mass is 32.2. The molecule has 0 atom stereocenters. The summed E-state index contributed by atoms with van der Waals surface area (Å²) in [7, 11) is 0. The molecule has 0 aliphatic carbocycles. The molecule has 2 aromatic heterocycles. The van der Waals surface area contributed by atoms with Crippen molar-refractivity contribution in [2.24, 2.45) is 0 Å². The molecule has 0 aliphatic heterocycles. The summed E-state index contributed by atoms with van der Waals surface area (Å²) in [4.78, 5) is 0. The molecule has 0 saturated heterocycles. The molecule has 1 N–H and O–H groups in total. The molecule has 0 bridgehead atoms.